The Labute approximate surface area is 123 Å². The molecule has 0 bridgehead atoms. The largest absolute Gasteiger partial charge is 0.415 e. The van der Waals surface area contributed by atoms with Gasteiger partial charge in [-0.25, -0.2) is 8.78 Å². The summed E-state index contributed by atoms with van der Waals surface area (Å²) in [7, 11) is 1.20. The smallest absolute Gasteiger partial charge is 0.382 e. The van der Waals surface area contributed by atoms with Gasteiger partial charge in [0.15, 0.2) is 6.10 Å². The lowest BCUT2D eigenvalue weighted by Gasteiger charge is -2.27. The maximum atomic E-state index is 13.4. The van der Waals surface area contributed by atoms with Crippen LogP contribution in [0.2, 0.25) is 0 Å². The number of benzene rings is 1. The normalized spacial score (nSPS) is 14.8. The molecule has 2 atom stereocenters. The van der Waals surface area contributed by atoms with E-state index < -0.39 is 48.1 Å². The standard InChI is InChI=1S/C13H15F5N2O2/c1-7(20(2)6-11(21)13(16,17)18)12(22)19-10-5-8(14)3-4-9(10)15/h3-5,7,11,21H,6H2,1-2H3,(H,19,22). The lowest BCUT2D eigenvalue weighted by molar-refractivity contribution is -0.208. The molecular weight excluding hydrogens is 311 g/mol. The van der Waals surface area contributed by atoms with Gasteiger partial charge in [0.25, 0.3) is 0 Å². The van der Waals surface area contributed by atoms with E-state index in [1.54, 1.807) is 0 Å². The van der Waals surface area contributed by atoms with Gasteiger partial charge >= 0.3 is 6.18 Å². The van der Waals surface area contributed by atoms with Crippen molar-refractivity contribution >= 4 is 11.6 Å². The number of hydrogen-bond acceptors (Lipinski definition) is 3. The van der Waals surface area contributed by atoms with Gasteiger partial charge in [-0.15, -0.1) is 0 Å². The molecule has 1 amide bonds. The van der Waals surface area contributed by atoms with Crippen molar-refractivity contribution in [2.75, 3.05) is 18.9 Å². The van der Waals surface area contributed by atoms with Crippen LogP contribution in [0.1, 0.15) is 6.92 Å². The zero-order chi connectivity index (χ0) is 17.1. The van der Waals surface area contributed by atoms with E-state index in [1.807, 2.05) is 0 Å². The van der Waals surface area contributed by atoms with Crippen LogP contribution in [0.15, 0.2) is 18.2 Å². The van der Waals surface area contributed by atoms with E-state index in [0.29, 0.717) is 0 Å². The Bertz CT molecular complexity index is 536. The quantitative estimate of drug-likeness (QED) is 0.815. The molecular formula is C13H15F5N2O2. The van der Waals surface area contributed by atoms with Crippen LogP contribution in [0.5, 0.6) is 0 Å². The van der Waals surface area contributed by atoms with Crippen molar-refractivity contribution in [1.29, 1.82) is 0 Å². The number of alkyl halides is 3. The first-order valence-electron chi connectivity index (χ1n) is 6.23. The van der Waals surface area contributed by atoms with E-state index in [0.717, 1.165) is 23.1 Å². The van der Waals surface area contributed by atoms with Crippen LogP contribution in [0.25, 0.3) is 0 Å². The second kappa shape index (κ2) is 7.01. The number of anilines is 1. The maximum Gasteiger partial charge on any atom is 0.415 e. The monoisotopic (exact) mass is 326 g/mol. The Kier molecular flexibility index (Phi) is 5.84. The molecule has 0 saturated heterocycles. The predicted octanol–water partition coefficient (Wildman–Crippen LogP) is 2.15. The second-order valence-corrected chi connectivity index (χ2v) is 4.79. The van der Waals surface area contributed by atoms with Crippen molar-refractivity contribution in [3.8, 4) is 0 Å². The van der Waals surface area contributed by atoms with E-state index in [-0.39, 0.29) is 0 Å². The molecule has 2 unspecified atom stereocenters. The van der Waals surface area contributed by atoms with E-state index >= 15 is 0 Å². The SMILES string of the molecule is CC(C(=O)Nc1cc(F)ccc1F)N(C)CC(O)C(F)(F)F. The summed E-state index contributed by atoms with van der Waals surface area (Å²) < 4.78 is 63.1. The zero-order valence-electron chi connectivity index (χ0n) is 11.8. The highest BCUT2D eigenvalue weighted by Crippen LogP contribution is 2.21. The summed E-state index contributed by atoms with van der Waals surface area (Å²) in [4.78, 5) is 12.8. The number of halogens is 5. The maximum absolute atomic E-state index is 13.4. The number of aliphatic hydroxyl groups is 1. The molecule has 0 radical (unpaired) electrons. The number of hydrogen-bond donors (Lipinski definition) is 2. The average Bonchev–Trinajstić information content (AvgIpc) is 2.40. The van der Waals surface area contributed by atoms with E-state index in [9.17, 15) is 26.7 Å². The molecule has 1 aromatic rings. The van der Waals surface area contributed by atoms with Gasteiger partial charge in [0.05, 0.1) is 11.7 Å². The third kappa shape index (κ3) is 4.92. The fourth-order valence-electron chi connectivity index (χ4n) is 1.57. The highest BCUT2D eigenvalue weighted by molar-refractivity contribution is 5.94. The van der Waals surface area contributed by atoms with Gasteiger partial charge in [0.2, 0.25) is 5.91 Å². The molecule has 0 spiro atoms. The topological polar surface area (TPSA) is 52.6 Å². The first-order valence-corrected chi connectivity index (χ1v) is 6.23. The van der Waals surface area contributed by atoms with Crippen LogP contribution < -0.4 is 5.32 Å². The molecule has 22 heavy (non-hydrogen) atoms. The van der Waals surface area contributed by atoms with Crippen molar-refractivity contribution in [3.05, 3.63) is 29.8 Å². The molecule has 4 nitrogen and oxygen atoms in total. The minimum atomic E-state index is -4.81. The summed E-state index contributed by atoms with van der Waals surface area (Å²) in [5, 5.41) is 11.0. The molecule has 0 aliphatic rings. The number of carbonyl (C=O) groups excluding carboxylic acids is 1. The summed E-state index contributed by atoms with van der Waals surface area (Å²) in [5.74, 6) is -2.48. The Morgan fingerprint density at radius 1 is 1.36 bits per heavy atom. The summed E-state index contributed by atoms with van der Waals surface area (Å²) in [6.45, 7) is 0.444. The average molecular weight is 326 g/mol. The molecule has 0 fully saturated rings. The summed E-state index contributed by atoms with van der Waals surface area (Å²) in [6, 6.07) is 1.33. The molecule has 9 heteroatoms. The van der Waals surface area contributed by atoms with Gasteiger partial charge in [-0.2, -0.15) is 13.2 Å². The van der Waals surface area contributed by atoms with E-state index in [1.165, 1.54) is 14.0 Å². The molecule has 2 N–H and O–H groups in total. The summed E-state index contributed by atoms with van der Waals surface area (Å²) in [5.41, 5.74) is -0.415. The number of aliphatic hydroxyl groups excluding tert-OH is 1. The van der Waals surface area contributed by atoms with Gasteiger partial charge in [0, 0.05) is 12.6 Å². The van der Waals surface area contributed by atoms with E-state index in [4.69, 9.17) is 5.11 Å². The lowest BCUT2D eigenvalue weighted by Crippen LogP contribution is -2.46. The van der Waals surface area contributed by atoms with Crippen molar-refractivity contribution < 1.29 is 31.9 Å². The second-order valence-electron chi connectivity index (χ2n) is 4.79. The summed E-state index contributed by atoms with van der Waals surface area (Å²) >= 11 is 0. The minimum Gasteiger partial charge on any atom is -0.382 e. The molecule has 0 aromatic heterocycles. The highest BCUT2D eigenvalue weighted by Gasteiger charge is 2.39. The van der Waals surface area contributed by atoms with Gasteiger partial charge < -0.3 is 10.4 Å². The number of likely N-dealkylation sites (N-methyl/N-ethyl adjacent to an activating group) is 1. The van der Waals surface area contributed by atoms with Crippen LogP contribution in [-0.2, 0) is 4.79 Å². The van der Waals surface area contributed by atoms with Gasteiger partial charge in [-0.3, -0.25) is 9.69 Å². The fraction of sp³-hybridized carbons (Fsp3) is 0.462. The highest BCUT2D eigenvalue weighted by atomic mass is 19.4. The first kappa shape index (κ1) is 18.3. The Hall–Kier alpha value is -1.74. The van der Waals surface area contributed by atoms with Crippen molar-refractivity contribution in [3.63, 3.8) is 0 Å². The molecule has 0 heterocycles. The van der Waals surface area contributed by atoms with Crippen molar-refractivity contribution in [2.45, 2.75) is 25.2 Å². The zero-order valence-corrected chi connectivity index (χ0v) is 11.8. The molecule has 0 aliphatic carbocycles. The minimum absolute atomic E-state index is 0.415. The molecule has 1 aromatic carbocycles. The van der Waals surface area contributed by atoms with Gasteiger partial charge in [-0.05, 0) is 26.1 Å². The lowest BCUT2D eigenvalue weighted by atomic mass is 10.2. The molecule has 1 rings (SSSR count). The van der Waals surface area contributed by atoms with Gasteiger partial charge in [0.1, 0.15) is 11.6 Å². The first-order chi connectivity index (χ1) is 10.0. The van der Waals surface area contributed by atoms with Crippen molar-refractivity contribution in [2.24, 2.45) is 0 Å². The van der Waals surface area contributed by atoms with Crippen LogP contribution in [0, 0.1) is 11.6 Å². The molecule has 0 aliphatic heterocycles. The number of rotatable bonds is 5. The van der Waals surface area contributed by atoms with Crippen molar-refractivity contribution in [1.82, 2.24) is 4.90 Å². The molecule has 124 valence electrons. The number of nitrogens with one attached hydrogen (secondary N) is 1. The summed E-state index contributed by atoms with van der Waals surface area (Å²) in [6.07, 6.45) is -7.42. The fourth-order valence-corrected chi connectivity index (χ4v) is 1.57. The molecule has 0 saturated carbocycles. The predicted molar refractivity (Wildman–Crippen MR) is 69.1 cm³/mol. The number of carbonyl (C=O) groups is 1. The Morgan fingerprint density at radius 3 is 2.50 bits per heavy atom. The van der Waals surface area contributed by atoms with Crippen LogP contribution in [0.4, 0.5) is 27.6 Å². The van der Waals surface area contributed by atoms with Crippen LogP contribution in [0.3, 0.4) is 0 Å². The van der Waals surface area contributed by atoms with Gasteiger partial charge in [-0.1, -0.05) is 0 Å². The third-order valence-electron chi connectivity index (χ3n) is 3.07. The number of nitrogens with zero attached hydrogens (tertiary/aromatic N) is 1. The third-order valence-corrected chi connectivity index (χ3v) is 3.07. The Morgan fingerprint density at radius 2 is 1.95 bits per heavy atom. The van der Waals surface area contributed by atoms with Crippen LogP contribution in [-0.4, -0.2) is 47.8 Å². The van der Waals surface area contributed by atoms with E-state index in [2.05, 4.69) is 5.32 Å². The number of amides is 1. The van der Waals surface area contributed by atoms with Crippen LogP contribution >= 0.6 is 0 Å². The Balaban J connectivity index is 2.70.